The fourth-order valence-electron chi connectivity index (χ4n) is 2.85. The predicted octanol–water partition coefficient (Wildman–Crippen LogP) is 4.54. The van der Waals surface area contributed by atoms with Gasteiger partial charge in [0.25, 0.3) is 0 Å². The molecule has 0 atom stereocenters. The standard InChI is InChI=1S/C17H23NO/c1-4-18-10-15-16(12-8-9-12)14-7-5-6-13(11(2)3)17(14)19-15/h5-7,11-12,18H,4,8-10H2,1-3H3. The van der Waals surface area contributed by atoms with Gasteiger partial charge in [-0.25, -0.2) is 0 Å². The Morgan fingerprint density at radius 2 is 2.11 bits per heavy atom. The number of hydrogen-bond acceptors (Lipinski definition) is 2. The molecule has 1 N–H and O–H groups in total. The van der Waals surface area contributed by atoms with E-state index in [-0.39, 0.29) is 0 Å². The number of fused-ring (bicyclic) bond motifs is 1. The molecule has 1 aliphatic rings. The highest BCUT2D eigenvalue weighted by atomic mass is 16.3. The minimum Gasteiger partial charge on any atom is -0.459 e. The molecule has 2 aromatic rings. The van der Waals surface area contributed by atoms with E-state index in [1.54, 1.807) is 0 Å². The second kappa shape index (κ2) is 5.01. The number of rotatable bonds is 5. The first-order valence-corrected chi connectivity index (χ1v) is 7.47. The molecule has 2 heteroatoms. The first-order chi connectivity index (χ1) is 9.22. The third-order valence-corrected chi connectivity index (χ3v) is 4.00. The molecule has 0 unspecified atom stereocenters. The second-order valence-electron chi connectivity index (χ2n) is 5.87. The molecule has 0 amide bonds. The molecule has 1 heterocycles. The summed E-state index contributed by atoms with van der Waals surface area (Å²) >= 11 is 0. The molecule has 0 bridgehead atoms. The van der Waals surface area contributed by atoms with E-state index in [9.17, 15) is 0 Å². The Labute approximate surface area is 115 Å². The summed E-state index contributed by atoms with van der Waals surface area (Å²) in [6, 6.07) is 6.61. The van der Waals surface area contributed by atoms with Crippen molar-refractivity contribution >= 4 is 11.0 Å². The zero-order valence-electron chi connectivity index (χ0n) is 12.1. The van der Waals surface area contributed by atoms with Gasteiger partial charge in [0.2, 0.25) is 0 Å². The third-order valence-electron chi connectivity index (χ3n) is 4.00. The van der Waals surface area contributed by atoms with Crippen molar-refractivity contribution in [2.24, 2.45) is 0 Å². The van der Waals surface area contributed by atoms with Crippen LogP contribution in [0.2, 0.25) is 0 Å². The van der Waals surface area contributed by atoms with Crippen molar-refractivity contribution in [2.45, 2.75) is 52.0 Å². The maximum atomic E-state index is 6.23. The summed E-state index contributed by atoms with van der Waals surface area (Å²) in [5, 5.41) is 4.75. The molecule has 1 aliphatic carbocycles. The van der Waals surface area contributed by atoms with Crippen LogP contribution in [0.25, 0.3) is 11.0 Å². The van der Waals surface area contributed by atoms with Crippen LogP contribution in [0.1, 0.15) is 62.3 Å². The molecule has 0 aliphatic heterocycles. The number of para-hydroxylation sites is 1. The van der Waals surface area contributed by atoms with Crippen LogP contribution in [0.4, 0.5) is 0 Å². The maximum absolute atomic E-state index is 6.23. The third kappa shape index (κ3) is 2.30. The van der Waals surface area contributed by atoms with Gasteiger partial charge >= 0.3 is 0 Å². The zero-order valence-corrected chi connectivity index (χ0v) is 12.1. The molecule has 2 nitrogen and oxygen atoms in total. The molecule has 1 saturated carbocycles. The van der Waals surface area contributed by atoms with E-state index in [2.05, 4.69) is 44.3 Å². The summed E-state index contributed by atoms with van der Waals surface area (Å²) in [7, 11) is 0. The highest BCUT2D eigenvalue weighted by molar-refractivity contribution is 5.86. The van der Waals surface area contributed by atoms with E-state index in [4.69, 9.17) is 4.42 Å². The molecule has 19 heavy (non-hydrogen) atoms. The van der Waals surface area contributed by atoms with Gasteiger partial charge in [0.15, 0.2) is 0 Å². The molecule has 0 spiro atoms. The number of hydrogen-bond donors (Lipinski definition) is 1. The summed E-state index contributed by atoms with van der Waals surface area (Å²) in [4.78, 5) is 0. The maximum Gasteiger partial charge on any atom is 0.138 e. The topological polar surface area (TPSA) is 25.2 Å². The van der Waals surface area contributed by atoms with Crippen molar-refractivity contribution in [3.63, 3.8) is 0 Å². The fourth-order valence-corrected chi connectivity index (χ4v) is 2.85. The van der Waals surface area contributed by atoms with Gasteiger partial charge in [0.05, 0.1) is 6.54 Å². The molecule has 102 valence electrons. The van der Waals surface area contributed by atoms with Gasteiger partial charge in [-0.15, -0.1) is 0 Å². The van der Waals surface area contributed by atoms with Crippen LogP contribution >= 0.6 is 0 Å². The number of nitrogens with one attached hydrogen (secondary N) is 1. The Kier molecular flexibility index (Phi) is 3.36. The monoisotopic (exact) mass is 257 g/mol. The Bertz CT molecular complexity index is 578. The van der Waals surface area contributed by atoms with Crippen molar-refractivity contribution in [3.8, 4) is 0 Å². The van der Waals surface area contributed by atoms with Gasteiger partial charge in [0.1, 0.15) is 11.3 Å². The first-order valence-electron chi connectivity index (χ1n) is 7.47. The van der Waals surface area contributed by atoms with Gasteiger partial charge in [-0.3, -0.25) is 0 Å². The van der Waals surface area contributed by atoms with Gasteiger partial charge in [-0.2, -0.15) is 0 Å². The number of benzene rings is 1. The van der Waals surface area contributed by atoms with Crippen molar-refractivity contribution in [1.29, 1.82) is 0 Å². The van der Waals surface area contributed by atoms with Crippen LogP contribution in [0.3, 0.4) is 0 Å². The van der Waals surface area contributed by atoms with E-state index < -0.39 is 0 Å². The lowest BCUT2D eigenvalue weighted by atomic mass is 9.98. The van der Waals surface area contributed by atoms with E-state index in [1.165, 1.54) is 29.4 Å². The van der Waals surface area contributed by atoms with Gasteiger partial charge in [0, 0.05) is 10.9 Å². The van der Waals surface area contributed by atoms with Crippen LogP contribution in [0.15, 0.2) is 22.6 Å². The molecule has 3 rings (SSSR count). The molecule has 1 fully saturated rings. The first kappa shape index (κ1) is 12.7. The predicted molar refractivity (Wildman–Crippen MR) is 79.7 cm³/mol. The normalized spacial score (nSPS) is 15.6. The smallest absolute Gasteiger partial charge is 0.138 e. The summed E-state index contributed by atoms with van der Waals surface area (Å²) in [6.45, 7) is 8.45. The van der Waals surface area contributed by atoms with Crippen molar-refractivity contribution in [3.05, 3.63) is 35.1 Å². The Hall–Kier alpha value is -1.28. The van der Waals surface area contributed by atoms with Crippen LogP contribution in [0.5, 0.6) is 0 Å². The van der Waals surface area contributed by atoms with Gasteiger partial charge in [-0.1, -0.05) is 39.0 Å². The highest BCUT2D eigenvalue weighted by Gasteiger charge is 2.31. The molecule has 1 aromatic heterocycles. The largest absolute Gasteiger partial charge is 0.459 e. The Morgan fingerprint density at radius 1 is 1.32 bits per heavy atom. The van der Waals surface area contributed by atoms with Crippen LogP contribution in [-0.2, 0) is 6.54 Å². The summed E-state index contributed by atoms with van der Waals surface area (Å²) < 4.78 is 6.23. The fraction of sp³-hybridized carbons (Fsp3) is 0.529. The lowest BCUT2D eigenvalue weighted by Crippen LogP contribution is -2.12. The average Bonchev–Trinajstić information content (AvgIpc) is 3.16. The summed E-state index contributed by atoms with van der Waals surface area (Å²) in [5.74, 6) is 2.40. The summed E-state index contributed by atoms with van der Waals surface area (Å²) in [5.41, 5.74) is 3.92. The molecular formula is C17H23NO. The highest BCUT2D eigenvalue weighted by Crippen LogP contribution is 2.47. The van der Waals surface area contributed by atoms with Crippen molar-refractivity contribution in [2.75, 3.05) is 6.54 Å². The van der Waals surface area contributed by atoms with Crippen molar-refractivity contribution in [1.82, 2.24) is 5.32 Å². The average molecular weight is 257 g/mol. The molecular weight excluding hydrogens is 234 g/mol. The number of furan rings is 1. The Balaban J connectivity index is 2.14. The van der Waals surface area contributed by atoms with E-state index in [0.717, 1.165) is 30.4 Å². The van der Waals surface area contributed by atoms with Crippen LogP contribution in [0, 0.1) is 0 Å². The molecule has 0 radical (unpaired) electrons. The van der Waals surface area contributed by atoms with Crippen LogP contribution in [-0.4, -0.2) is 6.54 Å². The Morgan fingerprint density at radius 3 is 2.74 bits per heavy atom. The van der Waals surface area contributed by atoms with Gasteiger partial charge < -0.3 is 9.73 Å². The molecule has 1 aromatic carbocycles. The lowest BCUT2D eigenvalue weighted by molar-refractivity contribution is 0.510. The second-order valence-corrected chi connectivity index (χ2v) is 5.87. The van der Waals surface area contributed by atoms with Gasteiger partial charge in [-0.05, 0) is 36.8 Å². The quantitative estimate of drug-likeness (QED) is 0.850. The lowest BCUT2D eigenvalue weighted by Gasteiger charge is -2.05. The summed E-state index contributed by atoms with van der Waals surface area (Å²) in [6.07, 6.45) is 2.64. The van der Waals surface area contributed by atoms with E-state index >= 15 is 0 Å². The SMILES string of the molecule is CCNCc1oc2c(C(C)C)cccc2c1C1CC1. The minimum atomic E-state index is 0.508. The minimum absolute atomic E-state index is 0.508. The van der Waals surface area contributed by atoms with Crippen molar-refractivity contribution < 1.29 is 4.42 Å². The zero-order chi connectivity index (χ0) is 13.4. The van der Waals surface area contributed by atoms with Crippen LogP contribution < -0.4 is 5.32 Å². The van der Waals surface area contributed by atoms with E-state index in [0.29, 0.717) is 5.92 Å². The molecule has 0 saturated heterocycles. The van der Waals surface area contributed by atoms with E-state index in [1.807, 2.05) is 0 Å².